The van der Waals surface area contributed by atoms with Gasteiger partial charge in [0.1, 0.15) is 5.69 Å². The van der Waals surface area contributed by atoms with Crippen LogP contribution in [0.5, 0.6) is 0 Å². The normalized spacial score (nSPS) is 10.6. The van der Waals surface area contributed by atoms with Gasteiger partial charge >= 0.3 is 5.63 Å². The van der Waals surface area contributed by atoms with Gasteiger partial charge < -0.3 is 9.84 Å². The van der Waals surface area contributed by atoms with Crippen LogP contribution in [0.15, 0.2) is 63.9 Å². The Balaban J connectivity index is 1.89. The molecule has 24 heavy (non-hydrogen) atoms. The van der Waals surface area contributed by atoms with Crippen molar-refractivity contribution in [3.63, 3.8) is 0 Å². The molecule has 122 valence electrons. The van der Waals surface area contributed by atoms with Crippen molar-refractivity contribution >= 4 is 5.91 Å². The monoisotopic (exact) mass is 322 g/mol. The summed E-state index contributed by atoms with van der Waals surface area (Å²) in [5.41, 5.74) is 2.71. The minimum atomic E-state index is -0.641. The van der Waals surface area contributed by atoms with Gasteiger partial charge in [0, 0.05) is 19.2 Å². The quantitative estimate of drug-likeness (QED) is 0.803. The van der Waals surface area contributed by atoms with E-state index in [-0.39, 0.29) is 5.56 Å². The minimum absolute atomic E-state index is 0.0244. The van der Waals surface area contributed by atoms with Crippen LogP contribution in [0.25, 0.3) is 11.3 Å². The second-order valence-electron chi connectivity index (χ2n) is 5.64. The summed E-state index contributed by atoms with van der Waals surface area (Å²) in [6.07, 6.45) is 0. The molecule has 1 N–H and O–H groups in total. The Labute approximate surface area is 139 Å². The standard InChI is InChI=1S/C19H18N2O3/c1-13-7-6-8-14(11-13)12-20-18(22)16-17(21(2)24-19(16)23)15-9-4-3-5-10-15/h3-11H,12H2,1-2H3,(H,20,22). The lowest BCUT2D eigenvalue weighted by Gasteiger charge is -2.07. The molecule has 0 aliphatic heterocycles. The van der Waals surface area contributed by atoms with Gasteiger partial charge in [-0.15, -0.1) is 0 Å². The second-order valence-corrected chi connectivity index (χ2v) is 5.64. The molecule has 1 heterocycles. The molecule has 1 amide bonds. The number of nitrogens with one attached hydrogen (secondary N) is 1. The summed E-state index contributed by atoms with van der Waals surface area (Å²) in [7, 11) is 1.61. The molecule has 0 radical (unpaired) electrons. The summed E-state index contributed by atoms with van der Waals surface area (Å²) in [6, 6.07) is 17.1. The van der Waals surface area contributed by atoms with E-state index in [4.69, 9.17) is 4.52 Å². The first kappa shape index (κ1) is 15.8. The van der Waals surface area contributed by atoms with Gasteiger partial charge in [-0.25, -0.2) is 9.53 Å². The zero-order chi connectivity index (χ0) is 17.1. The van der Waals surface area contributed by atoms with Crippen LogP contribution in [-0.4, -0.2) is 10.6 Å². The predicted molar refractivity (Wildman–Crippen MR) is 91.7 cm³/mol. The summed E-state index contributed by atoms with van der Waals surface area (Å²) in [5, 5.41) is 2.79. The largest absolute Gasteiger partial charge is 0.370 e. The van der Waals surface area contributed by atoms with Gasteiger partial charge in [0.25, 0.3) is 5.91 Å². The van der Waals surface area contributed by atoms with Crippen molar-refractivity contribution in [1.82, 2.24) is 10.1 Å². The first-order valence-corrected chi connectivity index (χ1v) is 7.65. The van der Waals surface area contributed by atoms with E-state index in [2.05, 4.69) is 5.32 Å². The van der Waals surface area contributed by atoms with Crippen LogP contribution in [0.1, 0.15) is 21.5 Å². The maximum absolute atomic E-state index is 12.5. The fourth-order valence-corrected chi connectivity index (χ4v) is 2.69. The molecule has 0 atom stereocenters. The Hall–Kier alpha value is -3.08. The molecule has 0 saturated heterocycles. The average Bonchev–Trinajstić information content (AvgIpc) is 2.88. The molecule has 0 aliphatic rings. The predicted octanol–water partition coefficient (Wildman–Crippen LogP) is 2.88. The van der Waals surface area contributed by atoms with Crippen LogP contribution in [0.2, 0.25) is 0 Å². The molecule has 0 spiro atoms. The highest BCUT2D eigenvalue weighted by Crippen LogP contribution is 2.21. The van der Waals surface area contributed by atoms with Crippen molar-refractivity contribution in [2.75, 3.05) is 0 Å². The highest BCUT2D eigenvalue weighted by Gasteiger charge is 2.23. The first-order valence-electron chi connectivity index (χ1n) is 7.65. The topological polar surface area (TPSA) is 64.2 Å². The highest BCUT2D eigenvalue weighted by molar-refractivity contribution is 5.99. The van der Waals surface area contributed by atoms with Crippen LogP contribution in [0.4, 0.5) is 0 Å². The smallest absolute Gasteiger partial charge is 0.348 e. The Morgan fingerprint density at radius 3 is 2.58 bits per heavy atom. The Morgan fingerprint density at radius 1 is 1.12 bits per heavy atom. The number of amides is 1. The van der Waals surface area contributed by atoms with E-state index in [9.17, 15) is 9.59 Å². The summed E-state index contributed by atoms with van der Waals surface area (Å²) < 4.78 is 6.43. The molecule has 0 saturated carbocycles. The zero-order valence-corrected chi connectivity index (χ0v) is 13.6. The molecular formula is C19H18N2O3. The van der Waals surface area contributed by atoms with E-state index in [1.165, 1.54) is 4.74 Å². The maximum atomic E-state index is 12.5. The summed E-state index contributed by atoms with van der Waals surface area (Å²) in [4.78, 5) is 24.6. The molecule has 3 rings (SSSR count). The molecule has 0 bridgehead atoms. The third kappa shape index (κ3) is 3.15. The lowest BCUT2D eigenvalue weighted by atomic mass is 10.1. The molecular weight excluding hydrogens is 304 g/mol. The van der Waals surface area contributed by atoms with Crippen LogP contribution in [0, 0.1) is 6.92 Å². The van der Waals surface area contributed by atoms with Crippen LogP contribution < -0.4 is 10.9 Å². The lowest BCUT2D eigenvalue weighted by Crippen LogP contribution is -2.27. The van der Waals surface area contributed by atoms with Gasteiger partial charge in [-0.05, 0) is 12.5 Å². The van der Waals surface area contributed by atoms with Gasteiger partial charge in [-0.3, -0.25) is 4.79 Å². The van der Waals surface area contributed by atoms with Crippen LogP contribution in [0.3, 0.4) is 0 Å². The molecule has 3 aromatic rings. The third-order valence-electron chi connectivity index (χ3n) is 3.79. The van der Waals surface area contributed by atoms with E-state index >= 15 is 0 Å². The number of aromatic nitrogens is 1. The minimum Gasteiger partial charge on any atom is -0.348 e. The van der Waals surface area contributed by atoms with E-state index in [1.54, 1.807) is 7.05 Å². The second kappa shape index (κ2) is 6.58. The SMILES string of the molecule is Cc1cccc(CNC(=O)c2c(-c3ccccc3)n(C)oc2=O)c1. The number of rotatable bonds is 4. The molecule has 0 aliphatic carbocycles. The Kier molecular flexibility index (Phi) is 4.33. The van der Waals surface area contributed by atoms with Gasteiger partial charge in [-0.2, -0.15) is 0 Å². The Morgan fingerprint density at radius 2 is 1.88 bits per heavy atom. The number of carbonyl (C=O) groups excluding carboxylic acids is 1. The van der Waals surface area contributed by atoms with Crippen molar-refractivity contribution in [1.29, 1.82) is 0 Å². The highest BCUT2D eigenvalue weighted by atomic mass is 16.5. The number of carbonyl (C=O) groups is 1. The van der Waals surface area contributed by atoms with E-state index < -0.39 is 11.5 Å². The average molecular weight is 322 g/mol. The van der Waals surface area contributed by atoms with Crippen molar-refractivity contribution in [3.05, 3.63) is 81.7 Å². The fraction of sp³-hybridized carbons (Fsp3) is 0.158. The maximum Gasteiger partial charge on any atom is 0.370 e. The lowest BCUT2D eigenvalue weighted by molar-refractivity contribution is 0.0949. The number of hydrogen-bond acceptors (Lipinski definition) is 3. The molecule has 5 heteroatoms. The first-order chi connectivity index (χ1) is 11.6. The van der Waals surface area contributed by atoms with E-state index in [0.717, 1.165) is 16.7 Å². The fourth-order valence-electron chi connectivity index (χ4n) is 2.69. The third-order valence-corrected chi connectivity index (χ3v) is 3.79. The van der Waals surface area contributed by atoms with Gasteiger partial charge in [0.05, 0.1) is 0 Å². The number of aryl methyl sites for hydroxylation is 2. The van der Waals surface area contributed by atoms with Crippen molar-refractivity contribution in [2.24, 2.45) is 7.05 Å². The molecule has 0 fully saturated rings. The van der Waals surface area contributed by atoms with E-state index in [1.807, 2.05) is 61.5 Å². The molecule has 2 aromatic carbocycles. The van der Waals surface area contributed by atoms with Crippen molar-refractivity contribution in [3.8, 4) is 11.3 Å². The zero-order valence-electron chi connectivity index (χ0n) is 13.6. The summed E-state index contributed by atoms with van der Waals surface area (Å²) in [6.45, 7) is 2.34. The summed E-state index contributed by atoms with van der Waals surface area (Å²) in [5.74, 6) is -0.440. The molecule has 1 aromatic heterocycles. The number of hydrogen-bond donors (Lipinski definition) is 1. The summed E-state index contributed by atoms with van der Waals surface area (Å²) >= 11 is 0. The van der Waals surface area contributed by atoms with E-state index in [0.29, 0.717) is 12.2 Å². The number of benzene rings is 2. The molecule has 5 nitrogen and oxygen atoms in total. The van der Waals surface area contributed by atoms with Crippen molar-refractivity contribution < 1.29 is 9.32 Å². The van der Waals surface area contributed by atoms with Crippen LogP contribution >= 0.6 is 0 Å². The van der Waals surface area contributed by atoms with Gasteiger partial charge in [-0.1, -0.05) is 60.2 Å². The molecule has 0 unspecified atom stereocenters. The Bertz CT molecular complexity index is 923. The number of nitrogens with zero attached hydrogens (tertiary/aromatic N) is 1. The van der Waals surface area contributed by atoms with Crippen LogP contribution in [-0.2, 0) is 13.6 Å². The van der Waals surface area contributed by atoms with Gasteiger partial charge in [0.15, 0.2) is 5.56 Å². The van der Waals surface area contributed by atoms with Gasteiger partial charge in [0.2, 0.25) is 0 Å². The van der Waals surface area contributed by atoms with Crippen molar-refractivity contribution in [2.45, 2.75) is 13.5 Å².